The number of rotatable bonds is 3. The molecule has 0 saturated carbocycles. The van der Waals surface area contributed by atoms with Crippen LogP contribution in [-0.4, -0.2) is 24.8 Å². The summed E-state index contributed by atoms with van der Waals surface area (Å²) in [6.07, 6.45) is 5.25. The summed E-state index contributed by atoms with van der Waals surface area (Å²) >= 11 is 5.96. The lowest BCUT2D eigenvalue weighted by Crippen LogP contribution is -1.97. The van der Waals surface area contributed by atoms with Gasteiger partial charge in [0.1, 0.15) is 5.75 Å². The van der Waals surface area contributed by atoms with Crippen molar-refractivity contribution < 1.29 is 4.74 Å². The molecule has 1 N–H and O–H groups in total. The molecule has 6 nitrogen and oxygen atoms in total. The molecule has 0 unspecified atom stereocenters. The number of nitrogens with zero attached hydrogens (tertiary/aromatic N) is 4. The molecule has 108 valence electrons. The number of hydrogen-bond donors (Lipinski definition) is 1. The molecule has 0 fully saturated rings. The van der Waals surface area contributed by atoms with Crippen molar-refractivity contribution in [2.45, 2.75) is 0 Å². The Bertz CT molecular complexity index is 932. The van der Waals surface area contributed by atoms with Crippen LogP contribution in [0.25, 0.3) is 16.9 Å². The van der Waals surface area contributed by atoms with E-state index in [4.69, 9.17) is 16.3 Å². The van der Waals surface area contributed by atoms with Gasteiger partial charge in [0, 0.05) is 22.8 Å². The Morgan fingerprint density at radius 2 is 2.09 bits per heavy atom. The molecule has 3 heterocycles. The highest BCUT2D eigenvalue weighted by Gasteiger charge is 2.09. The van der Waals surface area contributed by atoms with Gasteiger partial charge in [-0.2, -0.15) is 5.10 Å². The third kappa shape index (κ3) is 2.29. The first-order chi connectivity index (χ1) is 10.8. The smallest absolute Gasteiger partial charge is 0.237 e. The number of H-pyrrole nitrogens is 1. The van der Waals surface area contributed by atoms with Crippen molar-refractivity contribution in [2.24, 2.45) is 0 Å². The maximum atomic E-state index is 5.96. The first kappa shape index (κ1) is 12.8. The highest BCUT2D eigenvalue weighted by molar-refractivity contribution is 6.30. The van der Waals surface area contributed by atoms with Crippen molar-refractivity contribution >= 4 is 17.2 Å². The second-order valence-electron chi connectivity index (χ2n) is 4.63. The average Bonchev–Trinajstić information content (AvgIpc) is 3.15. The van der Waals surface area contributed by atoms with Gasteiger partial charge in [-0.25, -0.2) is 9.50 Å². The van der Waals surface area contributed by atoms with Crippen LogP contribution in [0, 0.1) is 0 Å². The van der Waals surface area contributed by atoms with Crippen LogP contribution in [0.1, 0.15) is 0 Å². The Hall–Kier alpha value is -2.86. The molecule has 4 aromatic rings. The van der Waals surface area contributed by atoms with Gasteiger partial charge in [-0.15, -0.1) is 5.10 Å². The van der Waals surface area contributed by atoms with E-state index in [2.05, 4.69) is 20.3 Å². The second kappa shape index (κ2) is 5.16. The van der Waals surface area contributed by atoms with E-state index < -0.39 is 0 Å². The number of benzene rings is 1. The van der Waals surface area contributed by atoms with E-state index in [1.54, 1.807) is 41.3 Å². The summed E-state index contributed by atoms with van der Waals surface area (Å²) in [5.41, 5.74) is 2.47. The molecule has 0 amide bonds. The SMILES string of the molecule is Clc1cccc(Oc2ccc3ncc(-c4cn[nH]c4)n3n2)c1. The lowest BCUT2D eigenvalue weighted by Gasteiger charge is -2.06. The normalized spacial score (nSPS) is 11.0. The second-order valence-corrected chi connectivity index (χ2v) is 5.07. The molecule has 22 heavy (non-hydrogen) atoms. The van der Waals surface area contributed by atoms with E-state index in [1.807, 2.05) is 18.2 Å². The molecule has 4 rings (SSSR count). The Morgan fingerprint density at radius 3 is 2.91 bits per heavy atom. The summed E-state index contributed by atoms with van der Waals surface area (Å²) in [7, 11) is 0. The number of halogens is 1. The molecule has 0 spiro atoms. The number of hydrogen-bond acceptors (Lipinski definition) is 4. The van der Waals surface area contributed by atoms with Gasteiger partial charge in [0.15, 0.2) is 5.65 Å². The van der Waals surface area contributed by atoms with Crippen LogP contribution < -0.4 is 4.74 Å². The first-order valence-corrected chi connectivity index (χ1v) is 6.95. The molecule has 3 aromatic heterocycles. The summed E-state index contributed by atoms with van der Waals surface area (Å²) < 4.78 is 7.45. The molecule has 0 bridgehead atoms. The zero-order chi connectivity index (χ0) is 14.9. The van der Waals surface area contributed by atoms with Gasteiger partial charge in [-0.3, -0.25) is 5.10 Å². The van der Waals surface area contributed by atoms with Crippen molar-refractivity contribution in [3.05, 3.63) is 60.0 Å². The van der Waals surface area contributed by atoms with Crippen molar-refractivity contribution in [1.29, 1.82) is 0 Å². The molecule has 1 aromatic carbocycles. The fourth-order valence-corrected chi connectivity index (χ4v) is 2.33. The quantitative estimate of drug-likeness (QED) is 0.628. The lowest BCUT2D eigenvalue weighted by atomic mass is 10.3. The van der Waals surface area contributed by atoms with E-state index in [0.717, 1.165) is 16.9 Å². The summed E-state index contributed by atoms with van der Waals surface area (Å²) in [5, 5.41) is 11.8. The van der Waals surface area contributed by atoms with Crippen LogP contribution in [0.15, 0.2) is 55.0 Å². The van der Waals surface area contributed by atoms with Crippen molar-refractivity contribution in [3.63, 3.8) is 0 Å². The largest absolute Gasteiger partial charge is 0.438 e. The molecular weight excluding hydrogens is 302 g/mol. The fourth-order valence-electron chi connectivity index (χ4n) is 2.15. The van der Waals surface area contributed by atoms with Gasteiger partial charge < -0.3 is 4.74 Å². The number of aromatic amines is 1. The monoisotopic (exact) mass is 311 g/mol. The van der Waals surface area contributed by atoms with Crippen LogP contribution in [0.5, 0.6) is 11.6 Å². The van der Waals surface area contributed by atoms with E-state index in [1.165, 1.54) is 0 Å². The van der Waals surface area contributed by atoms with Crippen LogP contribution in [0.3, 0.4) is 0 Å². The third-order valence-corrected chi connectivity index (χ3v) is 3.39. The third-order valence-electron chi connectivity index (χ3n) is 3.15. The number of nitrogens with one attached hydrogen (secondary N) is 1. The molecule has 0 radical (unpaired) electrons. The zero-order valence-corrected chi connectivity index (χ0v) is 12.0. The molecule has 0 aliphatic carbocycles. The summed E-state index contributed by atoms with van der Waals surface area (Å²) in [6.45, 7) is 0. The Balaban J connectivity index is 1.75. The average molecular weight is 312 g/mol. The molecule has 0 atom stereocenters. The summed E-state index contributed by atoms with van der Waals surface area (Å²) in [4.78, 5) is 4.32. The maximum Gasteiger partial charge on any atom is 0.237 e. The van der Waals surface area contributed by atoms with Crippen LogP contribution >= 0.6 is 11.6 Å². The standard InChI is InChI=1S/C15H10ClN5O/c16-11-2-1-3-12(6-11)22-15-5-4-14-17-9-13(21(14)20-15)10-7-18-19-8-10/h1-9H,(H,18,19). The Labute approximate surface area is 130 Å². The van der Waals surface area contributed by atoms with Gasteiger partial charge in [-0.1, -0.05) is 17.7 Å². The van der Waals surface area contributed by atoms with Crippen LogP contribution in [0.4, 0.5) is 0 Å². The number of ether oxygens (including phenoxy) is 1. The Kier molecular flexibility index (Phi) is 3.01. The molecule has 0 aliphatic rings. The van der Waals surface area contributed by atoms with Crippen LogP contribution in [-0.2, 0) is 0 Å². The predicted molar refractivity (Wildman–Crippen MR) is 82.1 cm³/mol. The van der Waals surface area contributed by atoms with Crippen molar-refractivity contribution in [2.75, 3.05) is 0 Å². The van der Waals surface area contributed by atoms with Gasteiger partial charge in [0.25, 0.3) is 0 Å². The topological polar surface area (TPSA) is 68.1 Å². The summed E-state index contributed by atoms with van der Waals surface area (Å²) in [6, 6.07) is 10.8. The van der Waals surface area contributed by atoms with Crippen molar-refractivity contribution in [3.8, 4) is 22.9 Å². The predicted octanol–water partition coefficient (Wildman–Crippen LogP) is 3.57. The molecule has 0 aliphatic heterocycles. The highest BCUT2D eigenvalue weighted by Crippen LogP contribution is 2.24. The van der Waals surface area contributed by atoms with E-state index in [9.17, 15) is 0 Å². The molecular formula is C15H10ClN5O. The van der Waals surface area contributed by atoms with Gasteiger partial charge in [0.05, 0.1) is 18.1 Å². The first-order valence-electron chi connectivity index (χ1n) is 6.57. The zero-order valence-electron chi connectivity index (χ0n) is 11.3. The van der Waals surface area contributed by atoms with Gasteiger partial charge in [-0.05, 0) is 24.3 Å². The minimum absolute atomic E-state index is 0.456. The van der Waals surface area contributed by atoms with Crippen LogP contribution in [0.2, 0.25) is 5.02 Å². The van der Waals surface area contributed by atoms with Gasteiger partial charge >= 0.3 is 0 Å². The number of imidazole rings is 1. The molecule has 0 saturated heterocycles. The minimum atomic E-state index is 0.456. The Morgan fingerprint density at radius 1 is 1.14 bits per heavy atom. The number of aromatic nitrogens is 5. The minimum Gasteiger partial charge on any atom is -0.438 e. The number of fused-ring (bicyclic) bond motifs is 1. The van der Waals surface area contributed by atoms with E-state index in [0.29, 0.717) is 16.7 Å². The molecule has 7 heteroatoms. The summed E-state index contributed by atoms with van der Waals surface area (Å²) in [5.74, 6) is 1.09. The lowest BCUT2D eigenvalue weighted by molar-refractivity contribution is 0.453. The maximum absolute atomic E-state index is 5.96. The van der Waals surface area contributed by atoms with E-state index >= 15 is 0 Å². The van der Waals surface area contributed by atoms with Gasteiger partial charge in [0.2, 0.25) is 5.88 Å². The van der Waals surface area contributed by atoms with E-state index in [-0.39, 0.29) is 0 Å². The highest BCUT2D eigenvalue weighted by atomic mass is 35.5. The van der Waals surface area contributed by atoms with Crippen molar-refractivity contribution in [1.82, 2.24) is 24.8 Å². The fraction of sp³-hybridized carbons (Fsp3) is 0.